The van der Waals surface area contributed by atoms with Crippen LogP contribution in [0, 0.1) is 0 Å². The molecule has 0 unspecified atom stereocenters. The Morgan fingerprint density at radius 2 is 1.08 bits per heavy atom. The third kappa shape index (κ3) is 5.45. The summed E-state index contributed by atoms with van der Waals surface area (Å²) < 4.78 is 2.58. The molecule has 1 N–H and O–H groups in total. The van der Waals surface area contributed by atoms with Crippen LogP contribution in [0.25, 0.3) is 53.2 Å². The van der Waals surface area contributed by atoms with Gasteiger partial charge < -0.3 is 10.2 Å². The average Bonchev–Trinajstić information content (AvgIpc) is 3.73. The summed E-state index contributed by atoms with van der Waals surface area (Å²) >= 11 is 1.90. The van der Waals surface area contributed by atoms with Gasteiger partial charge >= 0.3 is 0 Å². The van der Waals surface area contributed by atoms with Crippen molar-refractivity contribution in [2.45, 2.75) is 5.41 Å². The van der Waals surface area contributed by atoms with Crippen LogP contribution in [0.3, 0.4) is 0 Å². The molecule has 0 aliphatic carbocycles. The van der Waals surface area contributed by atoms with Gasteiger partial charge in [0.05, 0.1) is 21.5 Å². The summed E-state index contributed by atoms with van der Waals surface area (Å²) in [6, 6.07) is 82.6. The van der Waals surface area contributed by atoms with E-state index in [1.165, 1.54) is 103 Å². The number of thiophene rings is 1. The molecule has 1 radical (unpaired) electrons. The molecule has 11 aromatic rings. The van der Waals surface area contributed by atoms with Crippen molar-refractivity contribution in [1.82, 2.24) is 0 Å². The van der Waals surface area contributed by atoms with Gasteiger partial charge in [-0.3, -0.25) is 0 Å². The number of benzene rings is 10. The van der Waals surface area contributed by atoms with Crippen LogP contribution in [-0.2, 0) is 5.41 Å². The van der Waals surface area contributed by atoms with Crippen molar-refractivity contribution in [1.29, 1.82) is 0 Å². The van der Waals surface area contributed by atoms with Crippen LogP contribution in [0.5, 0.6) is 0 Å². The van der Waals surface area contributed by atoms with Gasteiger partial charge in [-0.1, -0.05) is 187 Å². The van der Waals surface area contributed by atoms with Crippen LogP contribution in [0.15, 0.2) is 224 Å². The van der Waals surface area contributed by atoms with E-state index >= 15 is 0 Å². The standard InChI is InChI=1S/C59H38BN2S/c1-4-17-38(18-5-1)39-31-33-44(34-32-39)61-52-36-41-20-11-10-19-40(41)35-46(52)47-37-48-45-25-12-15-30-54(45)63-58(48)57-55(47)60-51-28-16-27-50-56(51)62(57)53-29-14-13-26-49(53)59(50,42-21-6-2-7-22-42)43-23-8-3-9-24-43/h1-37,61H. The van der Waals surface area contributed by atoms with E-state index in [1.807, 2.05) is 11.3 Å². The van der Waals surface area contributed by atoms with Crippen molar-refractivity contribution in [3.05, 3.63) is 247 Å². The molecular weight excluding hydrogens is 780 g/mol. The monoisotopic (exact) mass is 817 g/mol. The number of fused-ring (bicyclic) bond motifs is 9. The Morgan fingerprint density at radius 3 is 1.84 bits per heavy atom. The molecule has 63 heavy (non-hydrogen) atoms. The van der Waals surface area contributed by atoms with Gasteiger partial charge in [0.1, 0.15) is 0 Å². The highest BCUT2D eigenvalue weighted by molar-refractivity contribution is 7.26. The summed E-state index contributed by atoms with van der Waals surface area (Å²) in [5.74, 6) is 0. The van der Waals surface area contributed by atoms with Gasteiger partial charge in [-0.05, 0) is 97.6 Å². The molecule has 0 saturated heterocycles. The Morgan fingerprint density at radius 1 is 0.460 bits per heavy atom. The summed E-state index contributed by atoms with van der Waals surface area (Å²) in [4.78, 5) is 2.62. The maximum absolute atomic E-state index is 3.93. The van der Waals surface area contributed by atoms with Gasteiger partial charge in [0.25, 0.3) is 0 Å². The normalized spacial score (nSPS) is 13.3. The van der Waals surface area contributed by atoms with Gasteiger partial charge in [-0.2, -0.15) is 0 Å². The van der Waals surface area contributed by atoms with Crippen LogP contribution >= 0.6 is 11.3 Å². The minimum absolute atomic E-state index is 0.547. The first-order valence-corrected chi connectivity index (χ1v) is 22.5. The van der Waals surface area contributed by atoms with Gasteiger partial charge in [0.2, 0.25) is 0 Å². The zero-order chi connectivity index (χ0) is 41.5. The van der Waals surface area contributed by atoms with Crippen LogP contribution in [-0.4, -0.2) is 7.28 Å². The van der Waals surface area contributed by atoms with Crippen molar-refractivity contribution in [3.8, 4) is 22.3 Å². The molecule has 10 aromatic carbocycles. The van der Waals surface area contributed by atoms with Gasteiger partial charge in [-0.15, -0.1) is 11.3 Å². The van der Waals surface area contributed by atoms with Crippen molar-refractivity contribution in [2.24, 2.45) is 0 Å². The van der Waals surface area contributed by atoms with E-state index in [-0.39, 0.29) is 0 Å². The fraction of sp³-hybridized carbons (Fsp3) is 0.0169. The third-order valence-corrected chi connectivity index (χ3v) is 14.5. The first-order chi connectivity index (χ1) is 31.2. The summed E-state index contributed by atoms with van der Waals surface area (Å²) in [6.45, 7) is 0. The maximum atomic E-state index is 3.93. The highest BCUT2D eigenvalue weighted by atomic mass is 32.1. The largest absolute Gasteiger partial charge is 0.355 e. The number of nitrogens with one attached hydrogen (secondary N) is 1. The number of para-hydroxylation sites is 2. The Bertz CT molecular complexity index is 3520. The number of hydrogen-bond donors (Lipinski definition) is 1. The Balaban J connectivity index is 1.09. The smallest absolute Gasteiger partial charge is 0.197 e. The Labute approximate surface area is 371 Å². The van der Waals surface area contributed by atoms with Crippen molar-refractivity contribution < 1.29 is 0 Å². The van der Waals surface area contributed by atoms with Crippen molar-refractivity contribution in [2.75, 3.05) is 10.2 Å². The molecule has 3 heterocycles. The predicted molar refractivity (Wildman–Crippen MR) is 269 cm³/mol. The van der Waals surface area contributed by atoms with E-state index in [9.17, 15) is 0 Å². The van der Waals surface area contributed by atoms with Crippen LogP contribution in [0.1, 0.15) is 22.3 Å². The quantitative estimate of drug-likeness (QED) is 0.168. The molecule has 0 saturated carbocycles. The molecule has 1 aromatic heterocycles. The average molecular weight is 818 g/mol. The lowest BCUT2D eigenvalue weighted by atomic mass is 9.54. The number of nitrogens with zero attached hydrogens (tertiary/aromatic N) is 1. The minimum Gasteiger partial charge on any atom is -0.355 e. The molecule has 0 bridgehead atoms. The predicted octanol–water partition coefficient (Wildman–Crippen LogP) is 14.4. The number of hydrogen-bond acceptors (Lipinski definition) is 3. The summed E-state index contributed by atoms with van der Waals surface area (Å²) in [6.07, 6.45) is 0. The number of rotatable bonds is 6. The molecule has 2 aliphatic rings. The topological polar surface area (TPSA) is 15.3 Å². The SMILES string of the molecule is [B]1c2cccc3c2N(c2ccccc2C3(c2ccccc2)c2ccccc2)c2c1c(-c1cc3ccccc3cc1Nc1ccc(-c3ccccc3)cc1)cc1c2sc2ccccc21. The van der Waals surface area contributed by atoms with E-state index in [2.05, 4.69) is 242 Å². The molecule has 2 aliphatic heterocycles. The van der Waals surface area contributed by atoms with E-state index in [0.717, 1.165) is 11.4 Å². The van der Waals surface area contributed by atoms with Crippen LogP contribution < -0.4 is 21.1 Å². The Hall–Kier alpha value is -7.66. The van der Waals surface area contributed by atoms with E-state index in [4.69, 9.17) is 0 Å². The lowest BCUT2D eigenvalue weighted by Gasteiger charge is -2.49. The van der Waals surface area contributed by atoms with E-state index < -0.39 is 5.41 Å². The molecule has 0 amide bonds. The molecule has 13 rings (SSSR count). The molecule has 293 valence electrons. The molecule has 0 fully saturated rings. The summed E-state index contributed by atoms with van der Waals surface area (Å²) in [5.41, 5.74) is 17.5. The van der Waals surface area contributed by atoms with E-state index in [1.54, 1.807) is 0 Å². The summed E-state index contributed by atoms with van der Waals surface area (Å²) in [7, 11) is 2.48. The minimum atomic E-state index is -0.547. The molecule has 0 atom stereocenters. The highest BCUT2D eigenvalue weighted by Gasteiger charge is 2.49. The lowest BCUT2D eigenvalue weighted by molar-refractivity contribution is 0.732. The summed E-state index contributed by atoms with van der Waals surface area (Å²) in [5, 5.41) is 8.88. The molecule has 4 heteroatoms. The Kier molecular flexibility index (Phi) is 8.13. The first kappa shape index (κ1) is 36.0. The zero-order valence-electron chi connectivity index (χ0n) is 34.3. The van der Waals surface area contributed by atoms with Crippen LogP contribution in [0.4, 0.5) is 28.4 Å². The molecule has 2 nitrogen and oxygen atoms in total. The lowest BCUT2D eigenvalue weighted by Crippen LogP contribution is -2.47. The van der Waals surface area contributed by atoms with Gasteiger partial charge in [0, 0.05) is 38.1 Å². The fourth-order valence-corrected chi connectivity index (χ4v) is 11.8. The molecular formula is C59H38BN2S. The second-order valence-electron chi connectivity index (χ2n) is 16.7. The van der Waals surface area contributed by atoms with Gasteiger partial charge in [0.15, 0.2) is 7.28 Å². The van der Waals surface area contributed by atoms with Crippen LogP contribution in [0.2, 0.25) is 0 Å². The number of anilines is 5. The zero-order valence-corrected chi connectivity index (χ0v) is 35.1. The van der Waals surface area contributed by atoms with Gasteiger partial charge in [-0.25, -0.2) is 0 Å². The highest BCUT2D eigenvalue weighted by Crippen LogP contribution is 2.59. The van der Waals surface area contributed by atoms with Crippen molar-refractivity contribution >= 4 is 88.9 Å². The maximum Gasteiger partial charge on any atom is 0.197 e. The second kappa shape index (κ2) is 14.2. The van der Waals surface area contributed by atoms with E-state index in [0.29, 0.717) is 0 Å². The first-order valence-electron chi connectivity index (χ1n) is 21.7. The third-order valence-electron chi connectivity index (χ3n) is 13.3. The fourth-order valence-electron chi connectivity index (χ4n) is 10.6. The second-order valence-corrected chi connectivity index (χ2v) is 17.7. The van der Waals surface area contributed by atoms with Crippen molar-refractivity contribution in [3.63, 3.8) is 0 Å². The molecule has 0 spiro atoms.